The first-order valence-electron chi connectivity index (χ1n) is 7.37. The van der Waals surface area contributed by atoms with Crippen LogP contribution in [0.2, 0.25) is 0 Å². The van der Waals surface area contributed by atoms with E-state index in [1.165, 1.54) is 5.56 Å². The number of nitrogens with two attached hydrogens (primary N) is 1. The van der Waals surface area contributed by atoms with Crippen LogP contribution in [0.25, 0.3) is 10.2 Å². The van der Waals surface area contributed by atoms with E-state index >= 15 is 0 Å². The van der Waals surface area contributed by atoms with E-state index in [0.717, 1.165) is 39.9 Å². The summed E-state index contributed by atoms with van der Waals surface area (Å²) in [5, 5.41) is 14.2. The van der Waals surface area contributed by atoms with Gasteiger partial charge >= 0.3 is 29.6 Å². The number of carboxylic acid groups (broad SMARTS) is 1. The minimum atomic E-state index is -1.14. The normalized spacial score (nSPS) is 16.0. The molecule has 0 aliphatic heterocycles. The first-order valence-corrected chi connectivity index (χ1v) is 8.25. The summed E-state index contributed by atoms with van der Waals surface area (Å²) in [6.07, 6.45) is 1.60. The van der Waals surface area contributed by atoms with Crippen molar-refractivity contribution in [3.05, 3.63) is 51.5 Å². The van der Waals surface area contributed by atoms with Crippen LogP contribution < -0.4 is 40.4 Å². The molecule has 3 aromatic rings. The van der Waals surface area contributed by atoms with Crippen LogP contribution in [0, 0.1) is 6.92 Å². The molecule has 0 saturated heterocycles. The van der Waals surface area contributed by atoms with Gasteiger partial charge in [-0.15, -0.1) is 11.3 Å². The number of thiophene rings is 1. The largest absolute Gasteiger partial charge is 1.00 e. The van der Waals surface area contributed by atoms with Crippen LogP contribution in [-0.4, -0.2) is 15.9 Å². The van der Waals surface area contributed by atoms with Gasteiger partial charge in [0.1, 0.15) is 4.83 Å². The van der Waals surface area contributed by atoms with Gasteiger partial charge in [-0.05, 0) is 53.5 Å². The summed E-state index contributed by atoms with van der Waals surface area (Å²) < 4.78 is 0. The Morgan fingerprint density at radius 2 is 2.04 bits per heavy atom. The van der Waals surface area contributed by atoms with Crippen LogP contribution in [0.1, 0.15) is 38.7 Å². The third-order valence-electron chi connectivity index (χ3n) is 4.42. The molecule has 116 valence electrons. The summed E-state index contributed by atoms with van der Waals surface area (Å²) in [6, 6.07) is 5.20. The van der Waals surface area contributed by atoms with Gasteiger partial charge in [0.2, 0.25) is 5.95 Å². The molecule has 1 aliphatic rings. The molecule has 0 saturated carbocycles. The predicted molar refractivity (Wildman–Crippen MR) is 87.5 cm³/mol. The first-order chi connectivity index (χ1) is 11.0. The minimum absolute atomic E-state index is 0. The molecule has 0 amide bonds. The van der Waals surface area contributed by atoms with E-state index in [-0.39, 0.29) is 41.0 Å². The summed E-state index contributed by atoms with van der Waals surface area (Å²) in [4.78, 5) is 20.8. The van der Waals surface area contributed by atoms with Crippen molar-refractivity contribution >= 4 is 33.5 Å². The molecule has 4 rings (SSSR count). The predicted octanol–water partition coefficient (Wildman–Crippen LogP) is -1.17. The van der Waals surface area contributed by atoms with Gasteiger partial charge in [-0.3, -0.25) is 0 Å². The van der Waals surface area contributed by atoms with Gasteiger partial charge in [-0.25, -0.2) is 9.97 Å². The minimum Gasteiger partial charge on any atom is -0.545 e. The maximum atomic E-state index is 11.0. The zero-order valence-corrected chi connectivity index (χ0v) is 16.3. The Kier molecular flexibility index (Phi) is 4.66. The molecule has 7 heteroatoms. The van der Waals surface area contributed by atoms with Crippen LogP contribution in [0.5, 0.6) is 0 Å². The van der Waals surface area contributed by atoms with Crippen LogP contribution in [-0.2, 0) is 12.8 Å². The van der Waals surface area contributed by atoms with E-state index in [4.69, 9.17) is 5.73 Å². The molecule has 1 aliphatic carbocycles. The number of hydrogen-bond donors (Lipinski definition) is 1. The molecule has 2 heterocycles. The summed E-state index contributed by atoms with van der Waals surface area (Å²) in [6.45, 7) is 2.05. The van der Waals surface area contributed by atoms with Crippen LogP contribution in [0.4, 0.5) is 5.95 Å². The second-order valence-electron chi connectivity index (χ2n) is 5.94. The molecular weight excluding hydrogens is 333 g/mol. The third kappa shape index (κ3) is 2.84. The number of fused-ring (bicyclic) bond motifs is 2. The quantitative estimate of drug-likeness (QED) is 0.590. The summed E-state index contributed by atoms with van der Waals surface area (Å²) in [5.41, 5.74) is 10.4. The number of aryl methyl sites for hydroxylation is 1. The third-order valence-corrected chi connectivity index (χ3v) is 5.41. The SMILES string of the molecule is Cc1csc2nc(N)nc(C3Cc4ccc(C(=O)[O-])cc4C3)c12.[Na+]. The molecule has 0 bridgehead atoms. The standard InChI is InChI=1S/C17H15N3O2S.Na/c1-8-7-23-15-13(8)14(19-17(18)20-15)12-4-9-2-3-10(16(21)22)5-11(9)6-12;/h2-3,5,7,12H,4,6H2,1H3,(H,21,22)(H2,18,19,20);/q;+1/p-1. The van der Waals surface area contributed by atoms with Crippen molar-refractivity contribution < 1.29 is 39.5 Å². The van der Waals surface area contributed by atoms with Crippen molar-refractivity contribution in [2.24, 2.45) is 0 Å². The number of carbonyl (C=O) groups is 1. The van der Waals surface area contributed by atoms with Crippen molar-refractivity contribution in [3.63, 3.8) is 0 Å². The van der Waals surface area contributed by atoms with Gasteiger partial charge in [0, 0.05) is 11.3 Å². The number of carboxylic acids is 1. The molecule has 2 aromatic heterocycles. The van der Waals surface area contributed by atoms with Crippen LogP contribution in [0.15, 0.2) is 23.6 Å². The van der Waals surface area contributed by atoms with Crippen molar-refractivity contribution in [1.82, 2.24) is 9.97 Å². The smallest absolute Gasteiger partial charge is 0.545 e. The Morgan fingerprint density at radius 1 is 1.29 bits per heavy atom. The number of nitrogens with zero attached hydrogens (tertiary/aromatic N) is 2. The fourth-order valence-electron chi connectivity index (χ4n) is 3.37. The molecule has 5 nitrogen and oxygen atoms in total. The van der Waals surface area contributed by atoms with Crippen LogP contribution >= 0.6 is 11.3 Å². The van der Waals surface area contributed by atoms with Gasteiger partial charge in [0.25, 0.3) is 0 Å². The van der Waals surface area contributed by atoms with Gasteiger partial charge in [-0.1, -0.05) is 12.1 Å². The molecule has 2 N–H and O–H groups in total. The Morgan fingerprint density at radius 3 is 2.79 bits per heavy atom. The van der Waals surface area contributed by atoms with Gasteiger partial charge in [0.15, 0.2) is 0 Å². The van der Waals surface area contributed by atoms with E-state index in [0.29, 0.717) is 5.95 Å². The molecular formula is C17H14N3NaO2S. The molecule has 0 fully saturated rings. The molecule has 1 aromatic carbocycles. The average Bonchev–Trinajstić information content (AvgIpc) is 3.09. The van der Waals surface area contributed by atoms with Crippen LogP contribution in [0.3, 0.4) is 0 Å². The van der Waals surface area contributed by atoms with Crippen molar-refractivity contribution in [1.29, 1.82) is 0 Å². The van der Waals surface area contributed by atoms with Gasteiger partial charge in [0.05, 0.1) is 11.7 Å². The number of nitrogen functional groups attached to an aromatic ring is 1. The molecule has 24 heavy (non-hydrogen) atoms. The van der Waals surface area contributed by atoms with Crippen molar-refractivity contribution in [2.45, 2.75) is 25.7 Å². The second-order valence-corrected chi connectivity index (χ2v) is 6.80. The van der Waals surface area contributed by atoms with Crippen molar-refractivity contribution in [2.75, 3.05) is 5.73 Å². The monoisotopic (exact) mass is 347 g/mol. The summed E-state index contributed by atoms with van der Waals surface area (Å²) in [7, 11) is 0. The maximum absolute atomic E-state index is 11.0. The Balaban J connectivity index is 0.00000169. The number of benzene rings is 1. The van der Waals surface area contributed by atoms with E-state index in [1.807, 2.05) is 6.07 Å². The second kappa shape index (κ2) is 6.44. The number of hydrogen-bond acceptors (Lipinski definition) is 6. The Labute approximate surface area is 165 Å². The number of anilines is 1. The fourth-order valence-corrected chi connectivity index (χ4v) is 4.30. The number of rotatable bonds is 2. The summed E-state index contributed by atoms with van der Waals surface area (Å²) >= 11 is 1.57. The zero-order valence-electron chi connectivity index (χ0n) is 13.5. The van der Waals surface area contributed by atoms with E-state index < -0.39 is 5.97 Å². The average molecular weight is 347 g/mol. The summed E-state index contributed by atoms with van der Waals surface area (Å²) in [5.74, 6) is -0.651. The first kappa shape index (κ1) is 17.4. The van der Waals surface area contributed by atoms with E-state index in [2.05, 4.69) is 22.3 Å². The fraction of sp³-hybridized carbons (Fsp3) is 0.235. The van der Waals surface area contributed by atoms with Gasteiger partial charge in [-0.2, -0.15) is 0 Å². The molecule has 1 unspecified atom stereocenters. The number of aromatic nitrogens is 2. The van der Waals surface area contributed by atoms with E-state index in [1.54, 1.807) is 23.5 Å². The number of carbonyl (C=O) groups excluding carboxylic acids is 1. The number of aromatic carboxylic acids is 1. The molecule has 0 radical (unpaired) electrons. The maximum Gasteiger partial charge on any atom is 1.00 e. The van der Waals surface area contributed by atoms with Crippen molar-refractivity contribution in [3.8, 4) is 0 Å². The zero-order chi connectivity index (χ0) is 16.1. The molecule has 0 spiro atoms. The van der Waals surface area contributed by atoms with E-state index in [9.17, 15) is 9.90 Å². The van der Waals surface area contributed by atoms with Gasteiger partial charge < -0.3 is 15.6 Å². The topological polar surface area (TPSA) is 91.9 Å². The Hall–Kier alpha value is -1.47. The Bertz CT molecular complexity index is 954. The molecule has 1 atom stereocenters.